The largest absolute Gasteiger partial charge is 0.481 e. The molecule has 0 spiro atoms. The normalized spacial score (nSPS) is 18.0. The number of likely N-dealkylation sites (N-methyl/N-ethyl adjacent to an activating group) is 1. The van der Waals surface area contributed by atoms with E-state index in [1.54, 1.807) is 0 Å². The monoisotopic (exact) mass is 369 g/mol. The van der Waals surface area contributed by atoms with Crippen molar-refractivity contribution in [1.82, 2.24) is 9.80 Å². The van der Waals surface area contributed by atoms with Crippen LogP contribution in [0.25, 0.3) is 0 Å². The number of rotatable bonds is 6. The first-order chi connectivity index (χ1) is 11.7. The maximum absolute atomic E-state index is 12.6. The highest BCUT2D eigenvalue weighted by Gasteiger charge is 2.37. The van der Waals surface area contributed by atoms with Gasteiger partial charge in [-0.2, -0.15) is 0 Å². The number of carbonyl (C=O) groups excluding carboxylic acids is 2. The molecule has 1 aromatic heterocycles. The molecule has 0 aliphatic carbocycles. The molecule has 9 nitrogen and oxygen atoms in total. The number of carboxylic acids is 1. The Balaban J connectivity index is 2.10. The van der Waals surface area contributed by atoms with Crippen LogP contribution in [0.3, 0.4) is 0 Å². The van der Waals surface area contributed by atoms with Crippen molar-refractivity contribution >= 4 is 34.1 Å². The van der Waals surface area contributed by atoms with Gasteiger partial charge in [0.15, 0.2) is 0 Å². The lowest BCUT2D eigenvalue weighted by atomic mass is 10.1. The summed E-state index contributed by atoms with van der Waals surface area (Å²) in [6, 6.07) is 1.99. The van der Waals surface area contributed by atoms with Gasteiger partial charge in [0.2, 0.25) is 5.91 Å². The molecule has 2 heterocycles. The number of amides is 2. The molecule has 1 fully saturated rings. The number of thiophene rings is 1. The molecule has 0 saturated carbocycles. The molecule has 2 amide bonds. The second kappa shape index (κ2) is 7.60. The maximum Gasteiger partial charge on any atom is 0.324 e. The Labute approximate surface area is 148 Å². The van der Waals surface area contributed by atoms with Crippen LogP contribution in [0, 0.1) is 16.0 Å². The summed E-state index contributed by atoms with van der Waals surface area (Å²) in [4.78, 5) is 49.3. The average molecular weight is 369 g/mol. The lowest BCUT2D eigenvalue weighted by molar-refractivity contribution is -0.380. The third kappa shape index (κ3) is 4.13. The molecule has 2 rings (SSSR count). The Morgan fingerprint density at radius 1 is 1.48 bits per heavy atom. The van der Waals surface area contributed by atoms with E-state index in [0.717, 1.165) is 11.3 Å². The summed E-state index contributed by atoms with van der Waals surface area (Å²) in [7, 11) is 1.51. The second-order valence-corrected chi connectivity index (χ2v) is 7.07. The Kier molecular flexibility index (Phi) is 5.73. The summed E-state index contributed by atoms with van der Waals surface area (Å²) < 4.78 is 0. The van der Waals surface area contributed by atoms with Gasteiger partial charge in [-0.15, -0.1) is 0 Å². The smallest absolute Gasteiger partial charge is 0.324 e. The number of carbonyl (C=O) groups is 3. The summed E-state index contributed by atoms with van der Waals surface area (Å²) in [6.45, 7) is 1.95. The van der Waals surface area contributed by atoms with E-state index >= 15 is 0 Å². The van der Waals surface area contributed by atoms with Crippen molar-refractivity contribution in [1.29, 1.82) is 0 Å². The van der Waals surface area contributed by atoms with Gasteiger partial charge in [0.05, 0.1) is 15.7 Å². The van der Waals surface area contributed by atoms with E-state index in [4.69, 9.17) is 5.11 Å². The summed E-state index contributed by atoms with van der Waals surface area (Å²) >= 11 is 0.780. The zero-order valence-electron chi connectivity index (χ0n) is 13.9. The van der Waals surface area contributed by atoms with Crippen LogP contribution in [0.5, 0.6) is 0 Å². The summed E-state index contributed by atoms with van der Waals surface area (Å²) in [6.07, 6.45) is 1.14. The molecular formula is C15H19N3O6S. The Morgan fingerprint density at radius 3 is 2.72 bits per heavy atom. The van der Waals surface area contributed by atoms with Gasteiger partial charge in [-0.05, 0) is 18.9 Å². The highest BCUT2D eigenvalue weighted by Crippen LogP contribution is 2.28. The standard InChI is InChI=1S/C15H19N3O6S/c1-9(15(21)22)8-16(2)13(19)10-4-3-7-17(10)14(20)11-5-6-12(25-11)18(23)24/h5-6,9-10H,3-4,7-8H2,1-2H3,(H,21,22). The van der Waals surface area contributed by atoms with Gasteiger partial charge in [0.1, 0.15) is 6.04 Å². The van der Waals surface area contributed by atoms with Gasteiger partial charge in [0.25, 0.3) is 5.91 Å². The van der Waals surface area contributed by atoms with Crippen LogP contribution >= 0.6 is 11.3 Å². The summed E-state index contributed by atoms with van der Waals surface area (Å²) in [5.41, 5.74) is 0. The van der Waals surface area contributed by atoms with Crippen molar-refractivity contribution in [2.75, 3.05) is 20.1 Å². The number of hydrogen-bond donors (Lipinski definition) is 1. The first kappa shape index (κ1) is 18.8. The second-order valence-electron chi connectivity index (χ2n) is 6.01. The Bertz CT molecular complexity index is 703. The van der Waals surface area contributed by atoms with Crippen molar-refractivity contribution < 1.29 is 24.4 Å². The van der Waals surface area contributed by atoms with Crippen molar-refractivity contribution in [2.45, 2.75) is 25.8 Å². The number of nitrogens with zero attached hydrogens (tertiary/aromatic N) is 3. The minimum atomic E-state index is -0.995. The predicted molar refractivity (Wildman–Crippen MR) is 89.5 cm³/mol. The van der Waals surface area contributed by atoms with E-state index in [1.807, 2.05) is 0 Å². The molecule has 2 atom stereocenters. The van der Waals surface area contributed by atoms with Gasteiger partial charge < -0.3 is 14.9 Å². The zero-order chi connectivity index (χ0) is 18.7. The van der Waals surface area contributed by atoms with Gasteiger partial charge >= 0.3 is 11.0 Å². The molecule has 1 aliphatic heterocycles. The molecular weight excluding hydrogens is 350 g/mol. The van der Waals surface area contributed by atoms with Crippen LogP contribution in [-0.2, 0) is 9.59 Å². The number of carboxylic acid groups (broad SMARTS) is 1. The highest BCUT2D eigenvalue weighted by atomic mass is 32.1. The molecule has 136 valence electrons. The van der Waals surface area contributed by atoms with Crippen molar-refractivity contribution in [3.8, 4) is 0 Å². The van der Waals surface area contributed by atoms with Crippen LogP contribution in [0.15, 0.2) is 12.1 Å². The van der Waals surface area contributed by atoms with Gasteiger partial charge in [-0.25, -0.2) is 0 Å². The lowest BCUT2D eigenvalue weighted by Crippen LogP contribution is -2.47. The third-order valence-corrected chi connectivity index (χ3v) is 5.15. The van der Waals surface area contributed by atoms with Gasteiger partial charge in [-0.3, -0.25) is 24.5 Å². The van der Waals surface area contributed by atoms with Crippen LogP contribution < -0.4 is 0 Å². The molecule has 1 N–H and O–H groups in total. The minimum Gasteiger partial charge on any atom is -0.481 e. The lowest BCUT2D eigenvalue weighted by Gasteiger charge is -2.28. The van der Waals surface area contributed by atoms with Crippen LogP contribution in [0.2, 0.25) is 0 Å². The van der Waals surface area contributed by atoms with Gasteiger partial charge in [0, 0.05) is 26.2 Å². The van der Waals surface area contributed by atoms with Gasteiger partial charge in [-0.1, -0.05) is 18.3 Å². The summed E-state index contributed by atoms with van der Waals surface area (Å²) in [5.74, 6) is -2.43. The fourth-order valence-corrected chi connectivity index (χ4v) is 3.56. The first-order valence-corrected chi connectivity index (χ1v) is 8.57. The molecule has 1 aromatic rings. The Hall–Kier alpha value is -2.49. The fourth-order valence-electron chi connectivity index (χ4n) is 2.78. The van der Waals surface area contributed by atoms with Crippen molar-refractivity contribution in [2.24, 2.45) is 5.92 Å². The molecule has 1 aliphatic rings. The highest BCUT2D eigenvalue weighted by molar-refractivity contribution is 7.17. The van der Waals surface area contributed by atoms with E-state index in [2.05, 4.69) is 0 Å². The van der Waals surface area contributed by atoms with E-state index in [-0.39, 0.29) is 22.3 Å². The molecule has 0 bridgehead atoms. The van der Waals surface area contributed by atoms with Crippen LogP contribution in [-0.4, -0.2) is 63.8 Å². The maximum atomic E-state index is 12.6. The SMILES string of the molecule is CC(CN(C)C(=O)C1CCCN1C(=O)c1ccc([N+](=O)[O-])s1)C(=O)O. The van der Waals surface area contributed by atoms with Crippen LogP contribution in [0.4, 0.5) is 5.00 Å². The quantitative estimate of drug-likeness (QED) is 0.598. The first-order valence-electron chi connectivity index (χ1n) is 7.75. The van der Waals surface area contributed by atoms with E-state index < -0.39 is 28.8 Å². The fraction of sp³-hybridized carbons (Fsp3) is 0.533. The molecule has 0 aromatic carbocycles. The van der Waals surface area contributed by atoms with Crippen molar-refractivity contribution in [3.05, 3.63) is 27.1 Å². The molecule has 1 saturated heterocycles. The zero-order valence-corrected chi connectivity index (χ0v) is 14.7. The predicted octanol–water partition coefficient (Wildman–Crippen LogP) is 1.44. The third-order valence-electron chi connectivity index (χ3n) is 4.13. The Morgan fingerprint density at radius 2 is 2.16 bits per heavy atom. The molecule has 25 heavy (non-hydrogen) atoms. The topological polar surface area (TPSA) is 121 Å². The number of hydrogen-bond acceptors (Lipinski definition) is 6. The van der Waals surface area contributed by atoms with E-state index in [0.29, 0.717) is 19.4 Å². The minimum absolute atomic E-state index is 0.0527. The van der Waals surface area contributed by atoms with Crippen molar-refractivity contribution in [3.63, 3.8) is 0 Å². The molecule has 0 radical (unpaired) electrons. The molecule has 2 unspecified atom stereocenters. The van der Waals surface area contributed by atoms with E-state index in [9.17, 15) is 24.5 Å². The summed E-state index contributed by atoms with van der Waals surface area (Å²) in [5, 5.41) is 19.6. The van der Waals surface area contributed by atoms with E-state index in [1.165, 1.54) is 35.9 Å². The average Bonchev–Trinajstić information content (AvgIpc) is 3.22. The number of nitro groups is 1. The number of likely N-dealkylation sites (tertiary alicyclic amines) is 1. The van der Waals surface area contributed by atoms with Crippen LogP contribution in [0.1, 0.15) is 29.4 Å². The number of aliphatic carboxylic acids is 1. The molecule has 10 heteroatoms.